The van der Waals surface area contributed by atoms with Crippen LogP contribution in [-0.2, 0) is 6.42 Å². The lowest BCUT2D eigenvalue weighted by molar-refractivity contribution is 0.717. The molecule has 0 aliphatic carbocycles. The van der Waals surface area contributed by atoms with Crippen molar-refractivity contribution < 1.29 is 0 Å². The molecule has 0 unspecified atom stereocenters. The van der Waals surface area contributed by atoms with Crippen molar-refractivity contribution in [1.82, 2.24) is 0 Å². The molecule has 0 radical (unpaired) electrons. The van der Waals surface area contributed by atoms with Crippen molar-refractivity contribution >= 4 is 5.69 Å². The zero-order valence-electron chi connectivity index (χ0n) is 10.4. The molecule has 1 nitrogen and oxygen atoms in total. The second-order valence-corrected chi connectivity index (χ2v) is 4.82. The Morgan fingerprint density at radius 3 is 2.31 bits per heavy atom. The fourth-order valence-corrected chi connectivity index (χ4v) is 2.43. The Morgan fingerprint density at radius 2 is 1.69 bits per heavy atom. The fraction of sp³-hybridized carbons (Fsp3) is 0.600. The van der Waals surface area contributed by atoms with E-state index in [0.29, 0.717) is 0 Å². The molecule has 0 atom stereocenters. The van der Waals surface area contributed by atoms with Crippen LogP contribution in [0.3, 0.4) is 0 Å². The minimum Gasteiger partial charge on any atom is -0.372 e. The summed E-state index contributed by atoms with van der Waals surface area (Å²) in [6, 6.07) is 9.21. The summed E-state index contributed by atoms with van der Waals surface area (Å²) in [6.07, 6.45) is 7.96. The number of rotatable bonds is 5. The molecular weight excluding hydrogens is 194 g/mol. The van der Waals surface area contributed by atoms with Crippen LogP contribution in [0.5, 0.6) is 0 Å². The standard InChI is InChI=1S/C15H23N/c1-2-3-4-7-14-8-10-15(11-9-14)16-12-5-6-13-16/h8-11H,2-7,12-13H2,1H3. The van der Waals surface area contributed by atoms with Crippen LogP contribution in [0.1, 0.15) is 44.6 Å². The third kappa shape index (κ3) is 3.01. The van der Waals surface area contributed by atoms with Crippen LogP contribution in [-0.4, -0.2) is 13.1 Å². The van der Waals surface area contributed by atoms with E-state index < -0.39 is 0 Å². The summed E-state index contributed by atoms with van der Waals surface area (Å²) in [7, 11) is 0. The lowest BCUT2D eigenvalue weighted by atomic mass is 10.1. The zero-order chi connectivity index (χ0) is 11.2. The Labute approximate surface area is 99.5 Å². The van der Waals surface area contributed by atoms with Gasteiger partial charge in [-0.25, -0.2) is 0 Å². The van der Waals surface area contributed by atoms with Crippen molar-refractivity contribution in [2.75, 3.05) is 18.0 Å². The smallest absolute Gasteiger partial charge is 0.0366 e. The highest BCUT2D eigenvalue weighted by Crippen LogP contribution is 2.20. The minimum absolute atomic E-state index is 1.24. The van der Waals surface area contributed by atoms with Gasteiger partial charge in [0.2, 0.25) is 0 Å². The maximum atomic E-state index is 2.50. The summed E-state index contributed by atoms with van der Waals surface area (Å²) in [5.74, 6) is 0. The van der Waals surface area contributed by atoms with Crippen molar-refractivity contribution in [2.24, 2.45) is 0 Å². The first-order valence-corrected chi connectivity index (χ1v) is 6.74. The zero-order valence-corrected chi connectivity index (χ0v) is 10.4. The van der Waals surface area contributed by atoms with E-state index in [9.17, 15) is 0 Å². The number of nitrogens with zero attached hydrogens (tertiary/aromatic N) is 1. The quantitative estimate of drug-likeness (QED) is 0.673. The number of hydrogen-bond acceptors (Lipinski definition) is 1. The Morgan fingerprint density at radius 1 is 1.00 bits per heavy atom. The van der Waals surface area contributed by atoms with Crippen LogP contribution >= 0.6 is 0 Å². The van der Waals surface area contributed by atoms with Gasteiger partial charge >= 0.3 is 0 Å². The molecule has 1 fully saturated rings. The van der Waals surface area contributed by atoms with Crippen molar-refractivity contribution in [3.05, 3.63) is 29.8 Å². The molecule has 0 spiro atoms. The van der Waals surface area contributed by atoms with Gasteiger partial charge in [0, 0.05) is 18.8 Å². The van der Waals surface area contributed by atoms with E-state index in [4.69, 9.17) is 0 Å². The van der Waals surface area contributed by atoms with Crippen LogP contribution in [0.2, 0.25) is 0 Å². The molecule has 0 amide bonds. The van der Waals surface area contributed by atoms with Gasteiger partial charge in [0.05, 0.1) is 0 Å². The molecule has 1 aliphatic heterocycles. The highest BCUT2D eigenvalue weighted by molar-refractivity contribution is 5.48. The number of aryl methyl sites for hydroxylation is 1. The molecule has 0 saturated carbocycles. The van der Waals surface area contributed by atoms with Gasteiger partial charge in [-0.1, -0.05) is 31.9 Å². The van der Waals surface area contributed by atoms with Crippen molar-refractivity contribution in [3.8, 4) is 0 Å². The number of anilines is 1. The second-order valence-electron chi connectivity index (χ2n) is 4.82. The number of benzene rings is 1. The lowest BCUT2D eigenvalue weighted by Crippen LogP contribution is -2.17. The summed E-state index contributed by atoms with van der Waals surface area (Å²) in [5, 5.41) is 0. The molecule has 1 aromatic carbocycles. The lowest BCUT2D eigenvalue weighted by Gasteiger charge is -2.17. The monoisotopic (exact) mass is 217 g/mol. The van der Waals surface area contributed by atoms with Gasteiger partial charge in [0.15, 0.2) is 0 Å². The molecule has 1 saturated heterocycles. The van der Waals surface area contributed by atoms with E-state index in [1.54, 1.807) is 0 Å². The van der Waals surface area contributed by atoms with E-state index in [0.717, 1.165) is 0 Å². The van der Waals surface area contributed by atoms with Crippen LogP contribution in [0.25, 0.3) is 0 Å². The third-order valence-corrected chi connectivity index (χ3v) is 3.48. The topological polar surface area (TPSA) is 3.24 Å². The summed E-state index contributed by atoms with van der Waals surface area (Å²) in [4.78, 5) is 2.50. The molecule has 0 bridgehead atoms. The molecular formula is C15H23N. The van der Waals surface area contributed by atoms with Gasteiger partial charge < -0.3 is 4.90 Å². The average molecular weight is 217 g/mol. The summed E-state index contributed by atoms with van der Waals surface area (Å²) in [5.41, 5.74) is 2.91. The molecule has 2 rings (SSSR count). The van der Waals surface area contributed by atoms with Crippen molar-refractivity contribution in [1.29, 1.82) is 0 Å². The van der Waals surface area contributed by atoms with Gasteiger partial charge in [-0.15, -0.1) is 0 Å². The van der Waals surface area contributed by atoms with Crippen LogP contribution in [0, 0.1) is 0 Å². The predicted octanol–water partition coefficient (Wildman–Crippen LogP) is 4.02. The van der Waals surface area contributed by atoms with Gasteiger partial charge in [0.1, 0.15) is 0 Å². The first-order chi connectivity index (χ1) is 7.90. The molecule has 1 aliphatic rings. The summed E-state index contributed by atoms with van der Waals surface area (Å²) in [6.45, 7) is 4.75. The van der Waals surface area contributed by atoms with Crippen LogP contribution < -0.4 is 4.90 Å². The van der Waals surface area contributed by atoms with E-state index in [2.05, 4.69) is 36.1 Å². The molecule has 0 N–H and O–H groups in total. The van der Waals surface area contributed by atoms with E-state index in [-0.39, 0.29) is 0 Å². The fourth-order valence-electron chi connectivity index (χ4n) is 2.43. The average Bonchev–Trinajstić information content (AvgIpc) is 2.84. The Kier molecular flexibility index (Phi) is 4.26. The van der Waals surface area contributed by atoms with Gasteiger partial charge in [-0.2, -0.15) is 0 Å². The molecule has 1 heteroatoms. The summed E-state index contributed by atoms with van der Waals surface area (Å²) < 4.78 is 0. The Hall–Kier alpha value is -0.980. The second kappa shape index (κ2) is 5.93. The maximum absolute atomic E-state index is 2.50. The van der Waals surface area contributed by atoms with E-state index in [1.165, 1.54) is 62.9 Å². The minimum atomic E-state index is 1.24. The van der Waals surface area contributed by atoms with Crippen LogP contribution in [0.4, 0.5) is 5.69 Å². The molecule has 1 aromatic rings. The molecule has 1 heterocycles. The maximum Gasteiger partial charge on any atom is 0.0366 e. The normalized spacial score (nSPS) is 15.7. The molecule has 16 heavy (non-hydrogen) atoms. The van der Waals surface area contributed by atoms with Crippen LogP contribution in [0.15, 0.2) is 24.3 Å². The van der Waals surface area contributed by atoms with Crippen molar-refractivity contribution in [2.45, 2.75) is 45.4 Å². The first-order valence-electron chi connectivity index (χ1n) is 6.74. The van der Waals surface area contributed by atoms with Gasteiger partial charge in [-0.05, 0) is 43.4 Å². The Balaban J connectivity index is 1.88. The largest absolute Gasteiger partial charge is 0.372 e. The number of hydrogen-bond donors (Lipinski definition) is 0. The van der Waals surface area contributed by atoms with Crippen molar-refractivity contribution in [3.63, 3.8) is 0 Å². The highest BCUT2D eigenvalue weighted by atomic mass is 15.1. The third-order valence-electron chi connectivity index (χ3n) is 3.48. The SMILES string of the molecule is CCCCCc1ccc(N2CCCC2)cc1. The first kappa shape index (κ1) is 11.5. The Bertz CT molecular complexity index is 296. The van der Waals surface area contributed by atoms with E-state index >= 15 is 0 Å². The van der Waals surface area contributed by atoms with Gasteiger partial charge in [0.25, 0.3) is 0 Å². The molecule has 88 valence electrons. The predicted molar refractivity (Wildman–Crippen MR) is 71.1 cm³/mol. The number of unbranched alkanes of at least 4 members (excludes halogenated alkanes) is 2. The highest BCUT2D eigenvalue weighted by Gasteiger charge is 2.11. The van der Waals surface area contributed by atoms with Gasteiger partial charge in [-0.3, -0.25) is 0 Å². The summed E-state index contributed by atoms with van der Waals surface area (Å²) >= 11 is 0. The van der Waals surface area contributed by atoms with E-state index in [1.807, 2.05) is 0 Å². The molecule has 0 aromatic heterocycles.